The van der Waals surface area contributed by atoms with Crippen molar-refractivity contribution in [3.63, 3.8) is 0 Å². The topological polar surface area (TPSA) is 35.6 Å². The summed E-state index contributed by atoms with van der Waals surface area (Å²) in [6, 6.07) is 0. The molecule has 15 heavy (non-hydrogen) atoms. The van der Waals surface area contributed by atoms with E-state index in [4.69, 9.17) is 4.74 Å². The van der Waals surface area contributed by atoms with Crippen molar-refractivity contribution in [3.8, 4) is 0 Å². The van der Waals surface area contributed by atoms with E-state index < -0.39 is 14.2 Å². The molecule has 84 valence electrons. The quantitative estimate of drug-likeness (QED) is 0.326. The van der Waals surface area contributed by atoms with Crippen molar-refractivity contribution in [2.75, 3.05) is 0 Å². The molecule has 4 heteroatoms. The van der Waals surface area contributed by atoms with Gasteiger partial charge in [0, 0.05) is 0 Å². The normalized spacial score (nSPS) is 27.0. The summed E-state index contributed by atoms with van der Waals surface area (Å²) in [6.45, 7) is 8.99. The van der Waals surface area contributed by atoms with Crippen LogP contribution in [0.15, 0.2) is 0 Å². The summed E-state index contributed by atoms with van der Waals surface area (Å²) in [4.78, 5) is 0. The molecule has 0 radical (unpaired) electrons. The Kier molecular flexibility index (Phi) is 6.78. The van der Waals surface area contributed by atoms with Crippen LogP contribution in [0.5, 0.6) is 0 Å². The molecule has 3 atom stereocenters. The average molecular weight is 222 g/mol. The van der Waals surface area contributed by atoms with Crippen molar-refractivity contribution in [2.24, 2.45) is 0 Å². The summed E-state index contributed by atoms with van der Waals surface area (Å²) in [6.07, 6.45) is 3.85. The minimum atomic E-state index is -1.22. The van der Waals surface area contributed by atoms with Gasteiger partial charge in [-0.05, 0) is 0 Å². The van der Waals surface area contributed by atoms with Gasteiger partial charge in [0.25, 0.3) is 0 Å². The summed E-state index contributed by atoms with van der Waals surface area (Å²) in [5.41, 5.74) is 0.339. The third-order valence-corrected chi connectivity index (χ3v) is 5.01. The number of epoxide rings is 1. The molecular weight excluding hydrogens is 199 g/mol. The molecule has 1 heterocycles. The van der Waals surface area contributed by atoms with Crippen LogP contribution in [0.3, 0.4) is 0 Å². The van der Waals surface area contributed by atoms with E-state index in [-0.39, 0.29) is 25.0 Å². The van der Waals surface area contributed by atoms with Crippen LogP contribution in [0.25, 0.3) is 0 Å². The van der Waals surface area contributed by atoms with Gasteiger partial charge in [0.15, 0.2) is 0 Å². The Morgan fingerprint density at radius 3 is 2.27 bits per heavy atom. The van der Waals surface area contributed by atoms with E-state index in [0.29, 0.717) is 5.73 Å². The van der Waals surface area contributed by atoms with Crippen LogP contribution in [0.1, 0.15) is 32.6 Å². The van der Waals surface area contributed by atoms with Gasteiger partial charge in [0.05, 0.1) is 19.9 Å². The Hall–Kier alpha value is 0.734. The molecule has 0 aromatic carbocycles. The van der Waals surface area contributed by atoms with Crippen molar-refractivity contribution in [2.45, 2.75) is 70.2 Å². The zero-order valence-electron chi connectivity index (χ0n) is 10.9. The van der Waals surface area contributed by atoms with Crippen LogP contribution in [0.4, 0.5) is 0 Å². The van der Waals surface area contributed by atoms with Gasteiger partial charge in [-0.25, -0.2) is 0 Å². The maximum absolute atomic E-state index is 11.7. The molecule has 0 spiro atoms. The smallest absolute Gasteiger partial charge is 0.850 e. The third-order valence-electron chi connectivity index (χ3n) is 2.84. The molecule has 0 unspecified atom stereocenters. The Labute approximate surface area is 107 Å². The van der Waals surface area contributed by atoms with Gasteiger partial charge in [-0.1, -0.05) is 58.4 Å². The molecule has 1 aliphatic rings. The number of unbranched alkanes of at least 4 members (excludes halogenated alkanes) is 2. The zero-order valence-corrected chi connectivity index (χ0v) is 11.9. The fraction of sp³-hybridized carbons (Fsp3) is 1.00. The van der Waals surface area contributed by atoms with E-state index in [0.717, 1.165) is 12.8 Å². The predicted octanol–water partition coefficient (Wildman–Crippen LogP) is -1.06. The Morgan fingerprint density at radius 2 is 1.87 bits per heavy atom. The van der Waals surface area contributed by atoms with Crippen molar-refractivity contribution in [1.82, 2.24) is 0 Å². The van der Waals surface area contributed by atoms with E-state index in [9.17, 15) is 5.11 Å². The molecule has 0 aliphatic carbocycles. The Morgan fingerprint density at radius 1 is 1.27 bits per heavy atom. The average Bonchev–Trinajstić information content (AvgIpc) is 2.81. The second-order valence-electron chi connectivity index (χ2n) is 5.42. The molecular formula is C11H23LiO2Si. The molecule has 0 bridgehead atoms. The van der Waals surface area contributed by atoms with Gasteiger partial charge in [0.2, 0.25) is 0 Å². The van der Waals surface area contributed by atoms with E-state index in [2.05, 4.69) is 26.6 Å². The second kappa shape index (κ2) is 6.46. The standard InChI is InChI=1S/C11H23O2Si.Li/c1-5-6-7-8-9(12)10-11(13-10)14(2,3)4;/h9-11H,5-8H2,1-4H3;/q-1;+1/t9-,10-,11+;/m1./s1. The van der Waals surface area contributed by atoms with Crippen molar-refractivity contribution in [1.29, 1.82) is 0 Å². The van der Waals surface area contributed by atoms with Gasteiger partial charge in [-0.2, -0.15) is 0 Å². The zero-order chi connectivity index (χ0) is 10.8. The predicted molar refractivity (Wildman–Crippen MR) is 59.9 cm³/mol. The van der Waals surface area contributed by atoms with Crippen molar-refractivity contribution in [3.05, 3.63) is 0 Å². The van der Waals surface area contributed by atoms with Crippen LogP contribution in [0, 0.1) is 0 Å². The van der Waals surface area contributed by atoms with Gasteiger partial charge in [0.1, 0.15) is 0 Å². The largest absolute Gasteiger partial charge is 1.00 e. The van der Waals surface area contributed by atoms with Gasteiger partial charge < -0.3 is 9.84 Å². The Bertz CT molecular complexity index is 182. The van der Waals surface area contributed by atoms with E-state index in [1.165, 1.54) is 12.8 Å². The van der Waals surface area contributed by atoms with Crippen molar-refractivity contribution < 1.29 is 28.7 Å². The first-order chi connectivity index (χ1) is 6.46. The van der Waals surface area contributed by atoms with Crippen LogP contribution < -0.4 is 24.0 Å². The van der Waals surface area contributed by atoms with Gasteiger partial charge in [-0.3, -0.25) is 0 Å². The molecule has 0 aromatic heterocycles. The van der Waals surface area contributed by atoms with Crippen LogP contribution >= 0.6 is 0 Å². The number of rotatable bonds is 6. The minimum absolute atomic E-state index is 0. The van der Waals surface area contributed by atoms with Crippen molar-refractivity contribution >= 4 is 8.07 Å². The SMILES string of the molecule is CCCCC[C@@H]([O-])[C@H]1O[C@H]1[Si](C)(C)C.[Li+]. The molecule has 1 aliphatic heterocycles. The first-order valence-electron chi connectivity index (χ1n) is 5.78. The summed E-state index contributed by atoms with van der Waals surface area (Å²) in [5.74, 6) is 0. The first-order valence-corrected chi connectivity index (χ1v) is 9.36. The summed E-state index contributed by atoms with van der Waals surface area (Å²) < 4.78 is 5.52. The monoisotopic (exact) mass is 222 g/mol. The van der Waals surface area contributed by atoms with E-state index in [1.54, 1.807) is 0 Å². The molecule has 1 saturated heterocycles. The molecule has 0 N–H and O–H groups in total. The van der Waals surface area contributed by atoms with Crippen LogP contribution in [-0.4, -0.2) is 26.0 Å². The van der Waals surface area contributed by atoms with E-state index >= 15 is 0 Å². The molecule has 1 fully saturated rings. The molecule has 0 amide bonds. The molecule has 0 aromatic rings. The second-order valence-corrected chi connectivity index (χ2v) is 10.7. The molecule has 2 nitrogen and oxygen atoms in total. The summed E-state index contributed by atoms with van der Waals surface area (Å²) in [5, 5.41) is 11.7. The Balaban J connectivity index is 0.00000196. The first kappa shape index (κ1) is 15.7. The maximum Gasteiger partial charge on any atom is 1.00 e. The van der Waals surface area contributed by atoms with Crippen LogP contribution in [-0.2, 0) is 4.74 Å². The van der Waals surface area contributed by atoms with E-state index in [1.807, 2.05) is 0 Å². The number of ether oxygens (including phenoxy) is 1. The third kappa shape index (κ3) is 5.06. The maximum atomic E-state index is 11.7. The fourth-order valence-electron chi connectivity index (χ4n) is 1.86. The van der Waals surface area contributed by atoms with Gasteiger partial charge >= 0.3 is 18.9 Å². The van der Waals surface area contributed by atoms with Crippen LogP contribution in [0.2, 0.25) is 19.6 Å². The van der Waals surface area contributed by atoms with Gasteiger partial charge in [-0.15, -0.1) is 0 Å². The summed E-state index contributed by atoms with van der Waals surface area (Å²) >= 11 is 0. The number of hydrogen-bond donors (Lipinski definition) is 0. The molecule has 1 rings (SSSR count). The number of hydrogen-bond acceptors (Lipinski definition) is 2. The molecule has 0 saturated carbocycles. The minimum Gasteiger partial charge on any atom is -0.850 e. The summed E-state index contributed by atoms with van der Waals surface area (Å²) in [7, 11) is -1.22. The fourth-order valence-corrected chi connectivity index (χ4v) is 3.63.